The lowest BCUT2D eigenvalue weighted by molar-refractivity contribution is 0.0471. The van der Waals surface area contributed by atoms with Crippen LogP contribution in [0.4, 0.5) is 0 Å². The minimum absolute atomic E-state index is 0.158. The number of esters is 1. The quantitative estimate of drug-likeness (QED) is 0.742. The van der Waals surface area contributed by atoms with Crippen molar-refractivity contribution in [2.75, 3.05) is 0 Å². The van der Waals surface area contributed by atoms with Crippen molar-refractivity contribution in [3.8, 4) is 11.3 Å². The van der Waals surface area contributed by atoms with E-state index in [9.17, 15) is 9.59 Å². The van der Waals surface area contributed by atoms with Crippen LogP contribution in [0.3, 0.4) is 0 Å². The summed E-state index contributed by atoms with van der Waals surface area (Å²) in [6.45, 7) is 3.79. The molecular weight excluding hydrogens is 316 g/mol. The molecule has 0 bridgehead atoms. The predicted octanol–water partition coefficient (Wildman–Crippen LogP) is 3.41. The van der Waals surface area contributed by atoms with Crippen molar-refractivity contribution in [2.45, 2.75) is 20.5 Å². The largest absolute Gasteiger partial charge is 0.457 e. The van der Waals surface area contributed by atoms with E-state index in [4.69, 9.17) is 4.74 Å². The predicted molar refractivity (Wildman–Crippen MR) is 95.3 cm³/mol. The molecule has 25 heavy (non-hydrogen) atoms. The van der Waals surface area contributed by atoms with Gasteiger partial charge in [-0.2, -0.15) is 4.98 Å². The van der Waals surface area contributed by atoms with Crippen LogP contribution in [-0.2, 0) is 11.3 Å². The molecular formula is C20H18N2O3. The zero-order valence-corrected chi connectivity index (χ0v) is 14.1. The maximum absolute atomic E-state index is 12.6. The van der Waals surface area contributed by atoms with Crippen molar-refractivity contribution in [1.82, 2.24) is 9.97 Å². The van der Waals surface area contributed by atoms with Crippen LogP contribution >= 0.6 is 0 Å². The molecule has 1 heterocycles. The molecule has 3 rings (SSSR count). The molecule has 0 fully saturated rings. The standard InChI is InChI=1S/C20H18N2O3/c1-13-8-10-16(11-9-13)18-17(14(2)21-20(24)22-18)19(23)25-12-15-6-4-3-5-7-15/h3-11H,12H2,1-2H3,(H,21,22,24). The van der Waals surface area contributed by atoms with E-state index in [1.807, 2.05) is 61.5 Å². The highest BCUT2D eigenvalue weighted by Gasteiger charge is 2.20. The lowest BCUT2D eigenvalue weighted by Gasteiger charge is -2.11. The zero-order valence-electron chi connectivity index (χ0n) is 14.1. The molecule has 2 aromatic carbocycles. The fourth-order valence-electron chi connectivity index (χ4n) is 2.55. The summed E-state index contributed by atoms with van der Waals surface area (Å²) in [4.78, 5) is 31.0. The number of aryl methyl sites for hydroxylation is 2. The topological polar surface area (TPSA) is 72.0 Å². The molecule has 0 aliphatic carbocycles. The van der Waals surface area contributed by atoms with E-state index in [1.54, 1.807) is 6.92 Å². The van der Waals surface area contributed by atoms with Gasteiger partial charge in [-0.25, -0.2) is 9.59 Å². The van der Waals surface area contributed by atoms with Gasteiger partial charge in [-0.1, -0.05) is 60.2 Å². The maximum atomic E-state index is 12.6. The molecule has 1 aromatic heterocycles. The summed E-state index contributed by atoms with van der Waals surface area (Å²) in [7, 11) is 0. The average molecular weight is 334 g/mol. The summed E-state index contributed by atoms with van der Waals surface area (Å²) in [6, 6.07) is 16.9. The van der Waals surface area contributed by atoms with Gasteiger partial charge in [0.1, 0.15) is 12.2 Å². The molecule has 0 aliphatic heterocycles. The van der Waals surface area contributed by atoms with Gasteiger partial charge in [0.2, 0.25) is 0 Å². The Kier molecular flexibility index (Phi) is 4.75. The van der Waals surface area contributed by atoms with Gasteiger partial charge < -0.3 is 9.72 Å². The third-order valence-corrected chi connectivity index (χ3v) is 3.86. The number of rotatable bonds is 4. The van der Waals surface area contributed by atoms with Crippen LogP contribution in [0.25, 0.3) is 11.3 Å². The third kappa shape index (κ3) is 3.83. The van der Waals surface area contributed by atoms with Crippen molar-refractivity contribution in [1.29, 1.82) is 0 Å². The second-order valence-electron chi connectivity index (χ2n) is 5.82. The first-order valence-corrected chi connectivity index (χ1v) is 7.93. The SMILES string of the molecule is Cc1ccc(-c2nc(=O)[nH]c(C)c2C(=O)OCc2ccccc2)cc1. The van der Waals surface area contributed by atoms with Crippen molar-refractivity contribution in [3.63, 3.8) is 0 Å². The Labute approximate surface area is 145 Å². The maximum Gasteiger partial charge on any atom is 0.345 e. The van der Waals surface area contributed by atoms with E-state index >= 15 is 0 Å². The molecule has 126 valence electrons. The number of benzene rings is 2. The molecule has 0 radical (unpaired) electrons. The Morgan fingerprint density at radius 1 is 1.04 bits per heavy atom. The van der Waals surface area contributed by atoms with Gasteiger partial charge in [-0.05, 0) is 19.4 Å². The minimum atomic E-state index is -0.513. The number of hydrogen-bond donors (Lipinski definition) is 1. The van der Waals surface area contributed by atoms with Crippen LogP contribution in [0.15, 0.2) is 59.4 Å². The number of ether oxygens (including phenoxy) is 1. The van der Waals surface area contributed by atoms with E-state index in [0.29, 0.717) is 17.0 Å². The van der Waals surface area contributed by atoms with Gasteiger partial charge in [0.15, 0.2) is 0 Å². The molecule has 0 spiro atoms. The molecule has 3 aromatic rings. The van der Waals surface area contributed by atoms with Crippen LogP contribution in [0.2, 0.25) is 0 Å². The molecule has 0 atom stereocenters. The first kappa shape index (κ1) is 16.6. The molecule has 1 N–H and O–H groups in total. The van der Waals surface area contributed by atoms with Gasteiger partial charge in [0.05, 0.1) is 5.69 Å². The summed E-state index contributed by atoms with van der Waals surface area (Å²) < 4.78 is 5.42. The molecule has 0 unspecified atom stereocenters. The van der Waals surface area contributed by atoms with Crippen molar-refractivity contribution >= 4 is 5.97 Å². The van der Waals surface area contributed by atoms with Crippen molar-refractivity contribution in [3.05, 3.63) is 87.5 Å². The highest BCUT2D eigenvalue weighted by molar-refractivity contribution is 5.97. The monoisotopic (exact) mass is 334 g/mol. The normalized spacial score (nSPS) is 10.5. The number of H-pyrrole nitrogens is 1. The Morgan fingerprint density at radius 3 is 2.40 bits per heavy atom. The number of aromatic nitrogens is 2. The van der Waals surface area contributed by atoms with E-state index < -0.39 is 11.7 Å². The Bertz CT molecular complexity index is 945. The fraction of sp³-hybridized carbons (Fsp3) is 0.150. The van der Waals surface area contributed by atoms with Gasteiger partial charge in [-0.3, -0.25) is 0 Å². The minimum Gasteiger partial charge on any atom is -0.457 e. The first-order chi connectivity index (χ1) is 12.0. The van der Waals surface area contributed by atoms with E-state index in [-0.39, 0.29) is 12.2 Å². The molecule has 0 saturated carbocycles. The smallest absolute Gasteiger partial charge is 0.345 e. The van der Waals surface area contributed by atoms with Crippen LogP contribution < -0.4 is 5.69 Å². The Morgan fingerprint density at radius 2 is 1.72 bits per heavy atom. The van der Waals surface area contributed by atoms with Gasteiger partial charge in [0, 0.05) is 11.3 Å². The summed E-state index contributed by atoms with van der Waals surface area (Å²) in [5.74, 6) is -0.513. The van der Waals surface area contributed by atoms with Gasteiger partial charge in [0.25, 0.3) is 0 Å². The number of aromatic amines is 1. The van der Waals surface area contributed by atoms with Gasteiger partial charge in [-0.15, -0.1) is 0 Å². The van der Waals surface area contributed by atoms with E-state index in [0.717, 1.165) is 11.1 Å². The van der Waals surface area contributed by atoms with Crippen LogP contribution in [0, 0.1) is 13.8 Å². The summed E-state index contributed by atoms with van der Waals surface area (Å²) in [6.07, 6.45) is 0. The Hall–Kier alpha value is -3.21. The number of nitrogens with zero attached hydrogens (tertiary/aromatic N) is 1. The van der Waals surface area contributed by atoms with Crippen LogP contribution in [0.5, 0.6) is 0 Å². The molecule has 0 aliphatic rings. The van der Waals surface area contributed by atoms with Crippen molar-refractivity contribution in [2.24, 2.45) is 0 Å². The third-order valence-electron chi connectivity index (χ3n) is 3.86. The summed E-state index contributed by atoms with van der Waals surface area (Å²) in [5.41, 5.74) is 3.23. The van der Waals surface area contributed by atoms with Crippen LogP contribution in [0.1, 0.15) is 27.2 Å². The van der Waals surface area contributed by atoms with Crippen LogP contribution in [-0.4, -0.2) is 15.9 Å². The van der Waals surface area contributed by atoms with E-state index in [2.05, 4.69) is 9.97 Å². The zero-order chi connectivity index (χ0) is 17.8. The fourth-order valence-corrected chi connectivity index (χ4v) is 2.55. The summed E-state index contributed by atoms with van der Waals surface area (Å²) >= 11 is 0. The lowest BCUT2D eigenvalue weighted by atomic mass is 10.0. The first-order valence-electron chi connectivity index (χ1n) is 7.93. The van der Waals surface area contributed by atoms with Gasteiger partial charge >= 0.3 is 11.7 Å². The van der Waals surface area contributed by atoms with E-state index in [1.165, 1.54) is 0 Å². The molecule has 5 heteroatoms. The Balaban J connectivity index is 1.95. The second kappa shape index (κ2) is 7.13. The molecule has 0 amide bonds. The number of nitrogens with one attached hydrogen (secondary N) is 1. The van der Waals surface area contributed by atoms with Crippen molar-refractivity contribution < 1.29 is 9.53 Å². The number of carbonyl (C=O) groups excluding carboxylic acids is 1. The molecule has 5 nitrogen and oxygen atoms in total. The average Bonchev–Trinajstić information content (AvgIpc) is 2.60. The number of carbonyl (C=O) groups is 1. The molecule has 0 saturated heterocycles. The number of hydrogen-bond acceptors (Lipinski definition) is 4. The highest BCUT2D eigenvalue weighted by Crippen LogP contribution is 2.23. The highest BCUT2D eigenvalue weighted by atomic mass is 16.5. The second-order valence-corrected chi connectivity index (χ2v) is 5.82. The summed E-state index contributed by atoms with van der Waals surface area (Å²) in [5, 5.41) is 0. The lowest BCUT2D eigenvalue weighted by Crippen LogP contribution is -2.19.